The van der Waals surface area contributed by atoms with E-state index in [9.17, 15) is 0 Å². The predicted octanol–water partition coefficient (Wildman–Crippen LogP) is 4.48. The van der Waals surface area contributed by atoms with Gasteiger partial charge in [-0.05, 0) is 44.2 Å². The van der Waals surface area contributed by atoms with E-state index in [1.807, 2.05) is 54.2 Å². The molecule has 0 aliphatic carbocycles. The van der Waals surface area contributed by atoms with Gasteiger partial charge >= 0.3 is 0 Å². The fraction of sp³-hybridized carbons (Fsp3) is 0.429. The van der Waals surface area contributed by atoms with Gasteiger partial charge < -0.3 is 15.4 Å². The number of hydrogen-bond donors (Lipinski definition) is 2. The van der Waals surface area contributed by atoms with Crippen LogP contribution in [0.25, 0.3) is 0 Å². The monoisotopic (exact) mass is 514 g/mol. The van der Waals surface area contributed by atoms with Gasteiger partial charge in [0.2, 0.25) is 5.88 Å². The van der Waals surface area contributed by atoms with E-state index in [4.69, 9.17) is 4.74 Å². The number of ether oxygens (including phenoxy) is 1. The van der Waals surface area contributed by atoms with Crippen LogP contribution in [0, 0.1) is 0 Å². The van der Waals surface area contributed by atoms with E-state index in [1.54, 1.807) is 6.20 Å². The Labute approximate surface area is 190 Å². The number of nitrogens with one attached hydrogen (secondary N) is 2. The smallest absolute Gasteiger partial charge is 0.213 e. The van der Waals surface area contributed by atoms with Crippen LogP contribution in [0.15, 0.2) is 53.7 Å². The van der Waals surface area contributed by atoms with Gasteiger partial charge in [-0.15, -0.1) is 24.0 Å². The summed E-state index contributed by atoms with van der Waals surface area (Å²) < 4.78 is 5.96. The average Bonchev–Trinajstić information content (AvgIpc) is 2.70. The summed E-state index contributed by atoms with van der Waals surface area (Å²) in [4.78, 5) is 8.98. The summed E-state index contributed by atoms with van der Waals surface area (Å²) in [6.07, 6.45) is 3.89. The molecular formula is C21H31IN4OS. The van der Waals surface area contributed by atoms with Crippen LogP contribution in [0.1, 0.15) is 31.9 Å². The van der Waals surface area contributed by atoms with Gasteiger partial charge in [0.25, 0.3) is 0 Å². The predicted molar refractivity (Wildman–Crippen MR) is 131 cm³/mol. The summed E-state index contributed by atoms with van der Waals surface area (Å²) in [5.41, 5.74) is 2.19. The highest BCUT2D eigenvalue weighted by Gasteiger charge is 2.16. The van der Waals surface area contributed by atoms with Crippen molar-refractivity contribution in [1.82, 2.24) is 15.6 Å². The molecule has 1 aromatic heterocycles. The van der Waals surface area contributed by atoms with Crippen molar-refractivity contribution in [3.8, 4) is 5.88 Å². The minimum absolute atomic E-state index is 0. The maximum atomic E-state index is 5.80. The molecule has 1 aromatic carbocycles. The quantitative estimate of drug-likeness (QED) is 0.294. The van der Waals surface area contributed by atoms with Crippen molar-refractivity contribution < 1.29 is 4.74 Å². The molecule has 0 atom stereocenters. The molecule has 2 aromatic rings. The van der Waals surface area contributed by atoms with E-state index < -0.39 is 0 Å². The number of halogens is 1. The Hall–Kier alpha value is -1.48. The third-order valence-corrected chi connectivity index (χ3v) is 5.28. The molecule has 0 spiro atoms. The van der Waals surface area contributed by atoms with Gasteiger partial charge in [0, 0.05) is 30.1 Å². The first kappa shape index (κ1) is 24.6. The first-order valence-corrected chi connectivity index (χ1v) is 10.4. The molecule has 28 heavy (non-hydrogen) atoms. The normalized spacial score (nSPS) is 11.5. The number of pyridine rings is 1. The number of hydrogen-bond acceptors (Lipinski definition) is 4. The number of thioether (sulfide) groups is 1. The third-order valence-electron chi connectivity index (χ3n) is 4.03. The first-order chi connectivity index (χ1) is 13.0. The molecule has 2 rings (SSSR count). The zero-order valence-corrected chi connectivity index (χ0v) is 20.2. The maximum Gasteiger partial charge on any atom is 0.213 e. The van der Waals surface area contributed by atoms with E-state index >= 15 is 0 Å². The number of guanidine groups is 1. The summed E-state index contributed by atoms with van der Waals surface area (Å²) in [6, 6.07) is 14.0. The second-order valence-electron chi connectivity index (χ2n) is 6.79. The van der Waals surface area contributed by atoms with E-state index in [1.165, 1.54) is 0 Å². The molecule has 5 nitrogen and oxygen atoms in total. The Balaban J connectivity index is 0.00000392. The summed E-state index contributed by atoms with van der Waals surface area (Å²) in [5, 5.41) is 6.71. The largest absolute Gasteiger partial charge is 0.473 e. The molecule has 0 aliphatic heterocycles. The van der Waals surface area contributed by atoms with Crippen LogP contribution in [0.3, 0.4) is 0 Å². The lowest BCUT2D eigenvalue weighted by Gasteiger charge is -2.23. The standard InChI is InChI=1S/C21H30N4OS.HI/c1-5-22-20(25-16-21(2,3)27-4)24-14-18-11-12-23-19(13-18)26-15-17-9-7-6-8-10-17;/h6-13H,5,14-16H2,1-4H3,(H2,22,24,25);1H. The average molecular weight is 514 g/mol. The lowest BCUT2D eigenvalue weighted by atomic mass is 10.2. The minimum Gasteiger partial charge on any atom is -0.473 e. The van der Waals surface area contributed by atoms with E-state index in [-0.39, 0.29) is 28.7 Å². The summed E-state index contributed by atoms with van der Waals surface area (Å²) in [7, 11) is 0. The molecule has 0 radical (unpaired) electrons. The molecular weight excluding hydrogens is 483 g/mol. The second-order valence-corrected chi connectivity index (χ2v) is 8.30. The molecule has 0 unspecified atom stereocenters. The van der Waals surface area contributed by atoms with Gasteiger partial charge in [-0.2, -0.15) is 11.8 Å². The van der Waals surface area contributed by atoms with Crippen LogP contribution in [0.5, 0.6) is 5.88 Å². The van der Waals surface area contributed by atoms with Crippen LogP contribution in [-0.4, -0.2) is 35.0 Å². The Morgan fingerprint density at radius 2 is 1.89 bits per heavy atom. The fourth-order valence-electron chi connectivity index (χ4n) is 2.24. The lowest BCUT2D eigenvalue weighted by Crippen LogP contribution is -2.43. The number of nitrogens with zero attached hydrogens (tertiary/aromatic N) is 2. The second kappa shape index (κ2) is 12.9. The zero-order chi connectivity index (χ0) is 19.5. The Bertz CT molecular complexity index is 725. The number of benzene rings is 1. The van der Waals surface area contributed by atoms with Crippen molar-refractivity contribution in [2.45, 2.75) is 38.7 Å². The van der Waals surface area contributed by atoms with Gasteiger partial charge in [-0.25, -0.2) is 9.98 Å². The molecule has 1 heterocycles. The van der Waals surface area contributed by atoms with Crippen molar-refractivity contribution in [2.24, 2.45) is 4.99 Å². The van der Waals surface area contributed by atoms with Crippen LogP contribution < -0.4 is 15.4 Å². The Morgan fingerprint density at radius 3 is 2.57 bits per heavy atom. The molecule has 0 amide bonds. The van der Waals surface area contributed by atoms with Crippen molar-refractivity contribution in [3.63, 3.8) is 0 Å². The molecule has 154 valence electrons. The number of aliphatic imine (C=N–C) groups is 1. The SMILES string of the molecule is CCNC(=NCc1ccnc(OCc2ccccc2)c1)NCC(C)(C)SC.I. The maximum absolute atomic E-state index is 5.80. The molecule has 0 fully saturated rings. The topological polar surface area (TPSA) is 58.5 Å². The van der Waals surface area contributed by atoms with Gasteiger partial charge in [0.05, 0.1) is 6.54 Å². The molecule has 2 N–H and O–H groups in total. The highest BCUT2D eigenvalue weighted by atomic mass is 127. The highest BCUT2D eigenvalue weighted by Crippen LogP contribution is 2.19. The van der Waals surface area contributed by atoms with E-state index in [0.29, 0.717) is 19.0 Å². The number of rotatable bonds is 9. The van der Waals surface area contributed by atoms with E-state index in [0.717, 1.165) is 30.2 Å². The Morgan fingerprint density at radius 1 is 1.14 bits per heavy atom. The molecule has 0 bridgehead atoms. The van der Waals surface area contributed by atoms with Crippen molar-refractivity contribution in [1.29, 1.82) is 0 Å². The van der Waals surface area contributed by atoms with Crippen LogP contribution in [0.2, 0.25) is 0 Å². The first-order valence-electron chi connectivity index (χ1n) is 9.21. The zero-order valence-electron chi connectivity index (χ0n) is 17.1. The van der Waals surface area contributed by atoms with Gasteiger partial charge in [0.1, 0.15) is 6.61 Å². The minimum atomic E-state index is 0. The number of aromatic nitrogens is 1. The molecule has 7 heteroatoms. The van der Waals surface area contributed by atoms with Crippen molar-refractivity contribution in [2.75, 3.05) is 19.3 Å². The fourth-order valence-corrected chi connectivity index (χ4v) is 2.46. The van der Waals surface area contributed by atoms with Crippen LogP contribution >= 0.6 is 35.7 Å². The lowest BCUT2D eigenvalue weighted by molar-refractivity contribution is 0.293. The summed E-state index contributed by atoms with van der Waals surface area (Å²) in [5.74, 6) is 1.44. The van der Waals surface area contributed by atoms with Crippen molar-refractivity contribution >= 4 is 41.7 Å². The molecule has 0 saturated heterocycles. The van der Waals surface area contributed by atoms with Gasteiger partial charge in [-0.3, -0.25) is 0 Å². The van der Waals surface area contributed by atoms with Gasteiger partial charge in [0.15, 0.2) is 5.96 Å². The molecule has 0 aliphatic rings. The van der Waals surface area contributed by atoms with E-state index in [2.05, 4.69) is 47.6 Å². The third kappa shape index (κ3) is 9.14. The van der Waals surface area contributed by atoms with Gasteiger partial charge in [-0.1, -0.05) is 30.3 Å². The molecule has 0 saturated carbocycles. The van der Waals surface area contributed by atoms with Crippen LogP contribution in [-0.2, 0) is 13.2 Å². The summed E-state index contributed by atoms with van der Waals surface area (Å²) in [6.45, 7) is 9.25. The van der Waals surface area contributed by atoms with Crippen molar-refractivity contribution in [3.05, 3.63) is 59.8 Å². The Kier molecular flexibility index (Phi) is 11.3. The van der Waals surface area contributed by atoms with Crippen LogP contribution in [0.4, 0.5) is 0 Å². The summed E-state index contributed by atoms with van der Waals surface area (Å²) >= 11 is 1.84. The highest BCUT2D eigenvalue weighted by molar-refractivity contribution is 14.0.